The molecule has 6 nitrogen and oxygen atoms in total. The summed E-state index contributed by atoms with van der Waals surface area (Å²) in [7, 11) is -4.21. The van der Waals surface area contributed by atoms with Crippen LogP contribution in [0.25, 0.3) is 10.8 Å². The van der Waals surface area contributed by atoms with E-state index in [-0.39, 0.29) is 4.90 Å². The minimum absolute atomic E-state index is 0.193. The molecule has 0 fully saturated rings. The summed E-state index contributed by atoms with van der Waals surface area (Å²) in [6, 6.07) is 16.8. The fourth-order valence-electron chi connectivity index (χ4n) is 2.18. The maximum atomic E-state index is 11.0. The zero-order valence-corrected chi connectivity index (χ0v) is 12.7. The Bertz CT molecular complexity index is 997. The first-order valence-corrected chi connectivity index (χ1v) is 8.16. The number of rotatable bonds is 3. The van der Waals surface area contributed by atoms with Gasteiger partial charge in [-0.2, -0.15) is 13.5 Å². The Morgan fingerprint density at radius 1 is 0.870 bits per heavy atom. The maximum absolute atomic E-state index is 11.0. The van der Waals surface area contributed by atoms with Gasteiger partial charge in [0.2, 0.25) is 0 Å². The number of nitrogen functional groups attached to an aromatic ring is 1. The molecule has 0 spiro atoms. The predicted molar refractivity (Wildman–Crippen MR) is 88.8 cm³/mol. The number of benzene rings is 3. The van der Waals surface area contributed by atoms with E-state index >= 15 is 0 Å². The highest BCUT2D eigenvalue weighted by atomic mass is 32.2. The monoisotopic (exact) mass is 327 g/mol. The van der Waals surface area contributed by atoms with Crippen LogP contribution in [0, 0.1) is 0 Å². The number of hydrogen-bond acceptors (Lipinski definition) is 5. The fourth-order valence-corrected chi connectivity index (χ4v) is 2.66. The fraction of sp³-hybridized carbons (Fsp3) is 0. The topological polar surface area (TPSA) is 105 Å². The molecule has 0 saturated heterocycles. The molecule has 0 aromatic heterocycles. The highest BCUT2D eigenvalue weighted by Gasteiger charge is 2.08. The first-order chi connectivity index (χ1) is 10.9. The minimum Gasteiger partial charge on any atom is -0.397 e. The lowest BCUT2D eigenvalue weighted by atomic mass is 10.1. The molecule has 0 saturated carbocycles. The van der Waals surface area contributed by atoms with Gasteiger partial charge in [0, 0.05) is 5.39 Å². The van der Waals surface area contributed by atoms with Crippen LogP contribution in [0.15, 0.2) is 75.8 Å². The lowest BCUT2D eigenvalue weighted by Gasteiger charge is -2.04. The summed E-state index contributed by atoms with van der Waals surface area (Å²) in [4.78, 5) is -0.193. The standard InChI is InChI=1S/C16H13N3O3S/c17-15-10-5-11-3-1-2-4-14(11)16(15)19-18-12-6-8-13(9-7-12)23(20,21)22/h1-10H,17H2,(H,20,21,22). The SMILES string of the molecule is Nc1ccc2ccccc2c1N=Nc1ccc(S(=O)(=O)O)cc1. The van der Waals surface area contributed by atoms with Crippen LogP contribution in [0.3, 0.4) is 0 Å². The van der Waals surface area contributed by atoms with Crippen molar-refractivity contribution in [2.45, 2.75) is 4.90 Å². The van der Waals surface area contributed by atoms with Crippen LogP contribution >= 0.6 is 0 Å². The molecule has 116 valence electrons. The van der Waals surface area contributed by atoms with Crippen LogP contribution in [-0.2, 0) is 10.1 Å². The molecule has 0 bridgehead atoms. The Balaban J connectivity index is 1.99. The smallest absolute Gasteiger partial charge is 0.294 e. The van der Waals surface area contributed by atoms with Crippen LogP contribution in [0.1, 0.15) is 0 Å². The molecule has 0 aliphatic carbocycles. The quantitative estimate of drug-likeness (QED) is 0.429. The van der Waals surface area contributed by atoms with Crippen LogP contribution < -0.4 is 5.73 Å². The molecule has 0 amide bonds. The number of nitrogens with two attached hydrogens (primary N) is 1. The Labute approximate surface area is 133 Å². The van der Waals surface area contributed by atoms with Gasteiger partial charge in [-0.1, -0.05) is 30.3 Å². The van der Waals surface area contributed by atoms with Crippen LogP contribution in [0.5, 0.6) is 0 Å². The van der Waals surface area contributed by atoms with Crippen molar-refractivity contribution in [1.29, 1.82) is 0 Å². The molecular weight excluding hydrogens is 314 g/mol. The second-order valence-electron chi connectivity index (χ2n) is 4.89. The Kier molecular flexibility index (Phi) is 3.81. The van der Waals surface area contributed by atoms with E-state index in [1.165, 1.54) is 24.3 Å². The van der Waals surface area contributed by atoms with Crippen molar-refractivity contribution >= 4 is 38.0 Å². The van der Waals surface area contributed by atoms with Crippen LogP contribution in [0.4, 0.5) is 17.1 Å². The number of fused-ring (bicyclic) bond motifs is 1. The summed E-state index contributed by atoms with van der Waals surface area (Å²) < 4.78 is 30.9. The van der Waals surface area contributed by atoms with E-state index in [2.05, 4.69) is 10.2 Å². The summed E-state index contributed by atoms with van der Waals surface area (Å²) >= 11 is 0. The largest absolute Gasteiger partial charge is 0.397 e. The van der Waals surface area contributed by atoms with Gasteiger partial charge in [0.05, 0.1) is 16.3 Å². The number of nitrogens with zero attached hydrogens (tertiary/aromatic N) is 2. The zero-order chi connectivity index (χ0) is 16.4. The molecule has 23 heavy (non-hydrogen) atoms. The highest BCUT2D eigenvalue weighted by molar-refractivity contribution is 7.85. The number of hydrogen-bond donors (Lipinski definition) is 2. The van der Waals surface area contributed by atoms with E-state index in [0.29, 0.717) is 17.1 Å². The van der Waals surface area contributed by atoms with Gasteiger partial charge in [-0.05, 0) is 35.7 Å². The van der Waals surface area contributed by atoms with Gasteiger partial charge >= 0.3 is 0 Å². The molecule has 0 atom stereocenters. The number of anilines is 1. The summed E-state index contributed by atoms with van der Waals surface area (Å²) in [5, 5.41) is 10.1. The van der Waals surface area contributed by atoms with Gasteiger partial charge in [0.1, 0.15) is 5.69 Å². The van der Waals surface area contributed by atoms with Crippen molar-refractivity contribution in [1.82, 2.24) is 0 Å². The van der Waals surface area contributed by atoms with E-state index in [9.17, 15) is 8.42 Å². The molecule has 0 radical (unpaired) electrons. The van der Waals surface area contributed by atoms with E-state index in [1.807, 2.05) is 30.3 Å². The van der Waals surface area contributed by atoms with Gasteiger partial charge in [0.25, 0.3) is 10.1 Å². The normalized spacial score (nSPS) is 12.0. The molecule has 3 rings (SSSR count). The highest BCUT2D eigenvalue weighted by Crippen LogP contribution is 2.33. The third-order valence-corrected chi connectivity index (χ3v) is 4.20. The minimum atomic E-state index is -4.21. The van der Waals surface area contributed by atoms with E-state index in [4.69, 9.17) is 10.3 Å². The molecule has 3 aromatic carbocycles. The number of azo groups is 1. The van der Waals surface area contributed by atoms with Crippen molar-refractivity contribution < 1.29 is 13.0 Å². The van der Waals surface area contributed by atoms with Crippen LogP contribution in [0.2, 0.25) is 0 Å². The molecule has 0 heterocycles. The summed E-state index contributed by atoms with van der Waals surface area (Å²) in [6.07, 6.45) is 0. The van der Waals surface area contributed by atoms with Gasteiger partial charge < -0.3 is 5.73 Å². The second kappa shape index (κ2) is 5.79. The summed E-state index contributed by atoms with van der Waals surface area (Å²) in [5.74, 6) is 0. The van der Waals surface area contributed by atoms with Crippen molar-refractivity contribution in [3.63, 3.8) is 0 Å². The van der Waals surface area contributed by atoms with Gasteiger partial charge in [-0.25, -0.2) is 0 Å². The molecule has 0 aliphatic rings. The third kappa shape index (κ3) is 3.20. The molecule has 3 aromatic rings. The molecule has 3 N–H and O–H groups in total. The van der Waals surface area contributed by atoms with Crippen molar-refractivity contribution in [3.8, 4) is 0 Å². The van der Waals surface area contributed by atoms with Crippen LogP contribution in [-0.4, -0.2) is 13.0 Å². The first-order valence-electron chi connectivity index (χ1n) is 6.72. The lowest BCUT2D eigenvalue weighted by Crippen LogP contribution is -1.96. The van der Waals surface area contributed by atoms with Gasteiger partial charge in [-0.15, -0.1) is 5.11 Å². The van der Waals surface area contributed by atoms with E-state index in [0.717, 1.165) is 10.8 Å². The van der Waals surface area contributed by atoms with Crippen molar-refractivity contribution in [3.05, 3.63) is 60.7 Å². The molecule has 7 heteroatoms. The van der Waals surface area contributed by atoms with E-state index < -0.39 is 10.1 Å². The Morgan fingerprint density at radius 2 is 1.57 bits per heavy atom. The van der Waals surface area contributed by atoms with Crippen molar-refractivity contribution in [2.75, 3.05) is 5.73 Å². The average Bonchev–Trinajstić information content (AvgIpc) is 2.53. The Hall–Kier alpha value is -2.77. The summed E-state index contributed by atoms with van der Waals surface area (Å²) in [6.45, 7) is 0. The maximum Gasteiger partial charge on any atom is 0.294 e. The Morgan fingerprint density at radius 3 is 2.26 bits per heavy atom. The molecular formula is C16H13N3O3S. The van der Waals surface area contributed by atoms with E-state index in [1.54, 1.807) is 6.07 Å². The summed E-state index contributed by atoms with van der Waals surface area (Å²) in [5.41, 5.74) is 7.47. The first kappa shape index (κ1) is 15.1. The molecule has 0 aliphatic heterocycles. The van der Waals surface area contributed by atoms with Gasteiger partial charge in [0.15, 0.2) is 0 Å². The van der Waals surface area contributed by atoms with Crippen molar-refractivity contribution in [2.24, 2.45) is 10.2 Å². The lowest BCUT2D eigenvalue weighted by molar-refractivity contribution is 0.483. The zero-order valence-electron chi connectivity index (χ0n) is 11.9. The predicted octanol–water partition coefficient (Wildman–Crippen LogP) is 4.08. The second-order valence-corrected chi connectivity index (χ2v) is 6.32. The average molecular weight is 327 g/mol. The third-order valence-electron chi connectivity index (χ3n) is 3.33. The molecule has 0 unspecified atom stereocenters. The van der Waals surface area contributed by atoms with Gasteiger partial charge in [-0.3, -0.25) is 4.55 Å².